The third-order valence-electron chi connectivity index (χ3n) is 3.94. The second kappa shape index (κ2) is 13.7. The summed E-state index contributed by atoms with van der Waals surface area (Å²) >= 11 is 0. The van der Waals surface area contributed by atoms with E-state index in [0.29, 0.717) is 46.0 Å². The molecule has 0 saturated carbocycles. The van der Waals surface area contributed by atoms with Gasteiger partial charge in [0.05, 0.1) is 46.8 Å². The van der Waals surface area contributed by atoms with Gasteiger partial charge in [-0.15, -0.1) is 0 Å². The van der Waals surface area contributed by atoms with Gasteiger partial charge in [0.25, 0.3) is 0 Å². The number of methoxy groups -OCH3 is 2. The van der Waals surface area contributed by atoms with Crippen molar-refractivity contribution < 1.29 is 34.0 Å². The molecule has 0 bridgehead atoms. The molecular formula is C18H31NO7. The summed E-state index contributed by atoms with van der Waals surface area (Å²) in [6.45, 7) is 2.88. The first kappa shape index (κ1) is 22.6. The Hall–Kier alpha value is -1.45. The summed E-state index contributed by atoms with van der Waals surface area (Å²) < 4.78 is 20.5. The molecule has 0 saturated heterocycles. The summed E-state index contributed by atoms with van der Waals surface area (Å²) in [5, 5.41) is 18.9. The Balaban J connectivity index is 2.55. The highest BCUT2D eigenvalue weighted by Gasteiger charge is 2.20. The monoisotopic (exact) mass is 373 g/mol. The number of aliphatic hydroxyl groups is 2. The first-order valence-electron chi connectivity index (χ1n) is 8.73. The van der Waals surface area contributed by atoms with Crippen molar-refractivity contribution in [3.63, 3.8) is 0 Å². The van der Waals surface area contributed by atoms with E-state index in [9.17, 15) is 15.0 Å². The Bertz CT molecular complexity index is 464. The molecule has 1 aliphatic rings. The molecule has 1 atom stereocenters. The number of aliphatic hydroxyl groups excluding tert-OH is 2. The summed E-state index contributed by atoms with van der Waals surface area (Å²) in [5.41, 5.74) is 1.61. The van der Waals surface area contributed by atoms with Gasteiger partial charge in [0.1, 0.15) is 6.54 Å². The Labute approximate surface area is 155 Å². The molecule has 0 aromatic carbocycles. The quantitative estimate of drug-likeness (QED) is 0.323. The van der Waals surface area contributed by atoms with Crippen LogP contribution < -0.4 is 0 Å². The molecule has 0 fully saturated rings. The molecule has 8 heteroatoms. The lowest BCUT2D eigenvalue weighted by Gasteiger charge is -2.29. The molecule has 0 heterocycles. The average Bonchev–Trinajstić information content (AvgIpc) is 2.68. The van der Waals surface area contributed by atoms with E-state index >= 15 is 0 Å². The van der Waals surface area contributed by atoms with Crippen LogP contribution in [0.4, 0.5) is 0 Å². The van der Waals surface area contributed by atoms with Gasteiger partial charge in [0.2, 0.25) is 0 Å². The van der Waals surface area contributed by atoms with Crippen molar-refractivity contribution in [3.05, 3.63) is 23.4 Å². The predicted octanol–water partition coefficient (Wildman–Crippen LogP) is -0.0442. The fourth-order valence-corrected chi connectivity index (χ4v) is 2.54. The zero-order valence-corrected chi connectivity index (χ0v) is 15.7. The number of nitrogens with zero attached hydrogens (tertiary/aromatic N) is 1. The van der Waals surface area contributed by atoms with E-state index in [1.807, 2.05) is 17.1 Å². The Morgan fingerprint density at radius 1 is 1.15 bits per heavy atom. The summed E-state index contributed by atoms with van der Waals surface area (Å²) in [7, 11) is 2.96. The Morgan fingerprint density at radius 3 is 2.46 bits per heavy atom. The zero-order valence-electron chi connectivity index (χ0n) is 15.7. The van der Waals surface area contributed by atoms with Crippen LogP contribution in [-0.4, -0.2) is 94.6 Å². The van der Waals surface area contributed by atoms with E-state index in [4.69, 9.17) is 18.9 Å². The smallest absolute Gasteiger partial charge is 0.325 e. The van der Waals surface area contributed by atoms with Crippen molar-refractivity contribution in [1.82, 2.24) is 4.90 Å². The number of hydrogen-bond acceptors (Lipinski definition) is 8. The molecule has 1 unspecified atom stereocenters. The van der Waals surface area contributed by atoms with Crippen LogP contribution in [-0.2, 0) is 23.7 Å². The van der Waals surface area contributed by atoms with Crippen molar-refractivity contribution in [2.45, 2.75) is 6.42 Å². The maximum Gasteiger partial charge on any atom is 0.325 e. The van der Waals surface area contributed by atoms with Crippen LogP contribution >= 0.6 is 0 Å². The minimum absolute atomic E-state index is 0.0117. The minimum Gasteiger partial charge on any atom is -0.468 e. The van der Waals surface area contributed by atoms with Gasteiger partial charge in [-0.2, -0.15) is 0 Å². The van der Waals surface area contributed by atoms with E-state index in [-0.39, 0.29) is 31.6 Å². The van der Waals surface area contributed by atoms with E-state index in [1.165, 1.54) is 7.11 Å². The van der Waals surface area contributed by atoms with Crippen LogP contribution in [0.2, 0.25) is 0 Å². The van der Waals surface area contributed by atoms with Crippen LogP contribution in [0, 0.1) is 5.92 Å². The molecule has 150 valence electrons. The van der Waals surface area contributed by atoms with Gasteiger partial charge >= 0.3 is 5.97 Å². The fraction of sp³-hybridized carbons (Fsp3) is 0.722. The average molecular weight is 373 g/mol. The summed E-state index contributed by atoms with van der Waals surface area (Å²) in [6.07, 6.45) is 4.37. The van der Waals surface area contributed by atoms with Crippen LogP contribution in [0.15, 0.2) is 23.4 Å². The second-order valence-corrected chi connectivity index (χ2v) is 5.91. The van der Waals surface area contributed by atoms with Crippen molar-refractivity contribution >= 4 is 5.97 Å². The largest absolute Gasteiger partial charge is 0.468 e. The third kappa shape index (κ3) is 8.77. The molecule has 8 nitrogen and oxygen atoms in total. The van der Waals surface area contributed by atoms with Crippen molar-refractivity contribution in [2.75, 3.05) is 73.6 Å². The highest BCUT2D eigenvalue weighted by molar-refractivity contribution is 5.71. The highest BCUT2D eigenvalue weighted by atomic mass is 16.5. The Morgan fingerprint density at radius 2 is 1.85 bits per heavy atom. The minimum atomic E-state index is -0.362. The Kier molecular flexibility index (Phi) is 11.9. The van der Waals surface area contributed by atoms with Crippen LogP contribution in [0.25, 0.3) is 0 Å². The molecule has 2 N–H and O–H groups in total. The van der Waals surface area contributed by atoms with Gasteiger partial charge in [0.15, 0.2) is 0 Å². The molecular weight excluding hydrogens is 342 g/mol. The molecule has 0 aromatic rings. The van der Waals surface area contributed by atoms with Crippen molar-refractivity contribution in [2.24, 2.45) is 5.92 Å². The number of carbonyl (C=O) groups is 1. The van der Waals surface area contributed by atoms with Crippen LogP contribution in [0.3, 0.4) is 0 Å². The topological polar surface area (TPSA) is 97.7 Å². The highest BCUT2D eigenvalue weighted by Crippen LogP contribution is 2.24. The summed E-state index contributed by atoms with van der Waals surface area (Å²) in [5.74, 6) is -0.439. The number of rotatable bonds is 14. The normalized spacial score (nSPS) is 16.8. The zero-order chi connectivity index (χ0) is 19.2. The molecule has 0 aromatic heterocycles. The van der Waals surface area contributed by atoms with Crippen LogP contribution in [0.1, 0.15) is 6.42 Å². The first-order valence-corrected chi connectivity index (χ1v) is 8.73. The van der Waals surface area contributed by atoms with E-state index in [1.54, 1.807) is 7.11 Å². The van der Waals surface area contributed by atoms with Gasteiger partial charge in [0, 0.05) is 31.9 Å². The van der Waals surface area contributed by atoms with Gasteiger partial charge in [-0.05, 0) is 18.1 Å². The lowest BCUT2D eigenvalue weighted by Crippen LogP contribution is -2.34. The second-order valence-electron chi connectivity index (χ2n) is 5.91. The standard InChI is InChI=1S/C18H31NO7/c1-23-5-6-26-8-7-25-4-3-19(12-18(22)24-2)17-10-15(13-20)9-16(11-17)14-21/h10-11,15,20-21H,3-9,12-14H2,1-2H3. The molecule has 26 heavy (non-hydrogen) atoms. The maximum absolute atomic E-state index is 11.7. The maximum atomic E-state index is 11.7. The van der Waals surface area contributed by atoms with E-state index in [2.05, 4.69) is 0 Å². The lowest BCUT2D eigenvalue weighted by atomic mass is 9.93. The van der Waals surface area contributed by atoms with Gasteiger partial charge in [-0.25, -0.2) is 0 Å². The summed E-state index contributed by atoms with van der Waals surface area (Å²) in [4.78, 5) is 13.5. The van der Waals surface area contributed by atoms with Gasteiger partial charge in [-0.1, -0.05) is 6.08 Å². The fourth-order valence-electron chi connectivity index (χ4n) is 2.54. The molecule has 0 spiro atoms. The number of ether oxygens (including phenoxy) is 4. The molecule has 1 rings (SSSR count). The van der Waals surface area contributed by atoms with Gasteiger partial charge in [-0.3, -0.25) is 4.79 Å². The predicted molar refractivity (Wildman–Crippen MR) is 95.5 cm³/mol. The molecule has 0 amide bonds. The third-order valence-corrected chi connectivity index (χ3v) is 3.94. The first-order chi connectivity index (χ1) is 12.6. The van der Waals surface area contributed by atoms with Gasteiger partial charge < -0.3 is 34.1 Å². The van der Waals surface area contributed by atoms with Crippen LogP contribution in [0.5, 0.6) is 0 Å². The molecule has 1 aliphatic carbocycles. The molecule has 0 radical (unpaired) electrons. The SMILES string of the molecule is COCCOCCOCCN(CC(=O)OC)C1=CC(CO)CC(CO)=C1. The van der Waals surface area contributed by atoms with E-state index in [0.717, 1.165) is 11.3 Å². The van der Waals surface area contributed by atoms with E-state index < -0.39 is 0 Å². The number of esters is 1. The summed E-state index contributed by atoms with van der Waals surface area (Å²) in [6, 6.07) is 0. The number of hydrogen-bond donors (Lipinski definition) is 2. The lowest BCUT2D eigenvalue weighted by molar-refractivity contribution is -0.141. The molecule has 0 aliphatic heterocycles. The van der Waals surface area contributed by atoms with Crippen molar-refractivity contribution in [1.29, 1.82) is 0 Å². The van der Waals surface area contributed by atoms with Crippen molar-refractivity contribution in [3.8, 4) is 0 Å². The number of carbonyl (C=O) groups excluding carboxylic acids is 1. The number of allylic oxidation sites excluding steroid dienone is 1.